The number of hydrazone groups is 1. The van der Waals surface area contributed by atoms with Crippen molar-refractivity contribution in [2.75, 3.05) is 25.2 Å². The van der Waals surface area contributed by atoms with Crippen LogP contribution in [0.1, 0.15) is 36.3 Å². The number of aromatic nitrogens is 2. The van der Waals surface area contributed by atoms with Gasteiger partial charge in [0, 0.05) is 24.4 Å². The summed E-state index contributed by atoms with van der Waals surface area (Å²) in [5, 5.41) is 12.1. The Kier molecular flexibility index (Phi) is 6.53. The second-order valence-electron chi connectivity index (χ2n) is 6.29. The number of hydrogen-bond acceptors (Lipinski definition) is 6. The van der Waals surface area contributed by atoms with Crippen LogP contribution < -0.4 is 10.7 Å². The van der Waals surface area contributed by atoms with Crippen LogP contribution in [0.2, 0.25) is 0 Å². The van der Waals surface area contributed by atoms with Crippen LogP contribution in [0.15, 0.2) is 5.10 Å². The van der Waals surface area contributed by atoms with E-state index >= 15 is 0 Å². The third-order valence-electron chi connectivity index (χ3n) is 4.09. The summed E-state index contributed by atoms with van der Waals surface area (Å²) in [5.74, 6) is 0.371. The summed E-state index contributed by atoms with van der Waals surface area (Å²) in [6, 6.07) is -0.0211. The Morgan fingerprint density at radius 1 is 1.56 bits per heavy atom. The molecule has 1 aromatic heterocycles. The Bertz CT molecular complexity index is 757. The van der Waals surface area contributed by atoms with Crippen LogP contribution in [0.3, 0.4) is 0 Å². The predicted molar refractivity (Wildman–Crippen MR) is 102 cm³/mol. The lowest BCUT2D eigenvalue weighted by molar-refractivity contribution is 0.179. The van der Waals surface area contributed by atoms with Gasteiger partial charge in [0.15, 0.2) is 14.9 Å². The van der Waals surface area contributed by atoms with Gasteiger partial charge in [0.1, 0.15) is 0 Å². The third kappa shape index (κ3) is 5.23. The summed E-state index contributed by atoms with van der Waals surface area (Å²) in [7, 11) is -1.32. The summed E-state index contributed by atoms with van der Waals surface area (Å²) in [5.41, 5.74) is 5.34. The van der Waals surface area contributed by atoms with E-state index in [9.17, 15) is 8.42 Å². The average Bonchev–Trinajstić information content (AvgIpc) is 3.00. The van der Waals surface area contributed by atoms with E-state index in [1.54, 1.807) is 18.0 Å². The van der Waals surface area contributed by atoms with Crippen molar-refractivity contribution in [2.24, 2.45) is 5.10 Å². The molecule has 0 aromatic carbocycles. The van der Waals surface area contributed by atoms with Crippen molar-refractivity contribution in [2.45, 2.75) is 39.3 Å². The van der Waals surface area contributed by atoms with Gasteiger partial charge < -0.3 is 10.1 Å². The molecule has 0 aliphatic carbocycles. The molecule has 1 aliphatic heterocycles. The number of methoxy groups -OCH3 is 1. The van der Waals surface area contributed by atoms with E-state index in [-0.39, 0.29) is 23.6 Å². The quantitative estimate of drug-likeness (QED) is 0.421. The van der Waals surface area contributed by atoms with Crippen LogP contribution in [0, 0.1) is 13.8 Å². The monoisotopic (exact) mass is 387 g/mol. The number of ether oxygens (including phenoxy) is 1. The molecule has 10 heteroatoms. The highest BCUT2D eigenvalue weighted by molar-refractivity contribution is 7.91. The molecule has 25 heavy (non-hydrogen) atoms. The fraction of sp³-hybridized carbons (Fsp3) is 0.667. The van der Waals surface area contributed by atoms with E-state index in [1.807, 2.05) is 20.8 Å². The number of rotatable bonds is 6. The Labute approximate surface area is 153 Å². The summed E-state index contributed by atoms with van der Waals surface area (Å²) in [6.45, 7) is 6.30. The van der Waals surface area contributed by atoms with Crippen molar-refractivity contribution in [1.82, 2.24) is 20.5 Å². The maximum Gasteiger partial charge on any atom is 0.187 e. The molecule has 0 saturated carbocycles. The minimum atomic E-state index is -2.95. The zero-order chi connectivity index (χ0) is 18.6. The fourth-order valence-corrected chi connectivity index (χ4v) is 4.84. The minimum absolute atomic E-state index is 0.0794. The van der Waals surface area contributed by atoms with Crippen LogP contribution in [0.5, 0.6) is 0 Å². The zero-order valence-corrected chi connectivity index (χ0v) is 16.6. The normalized spacial score (nSPS) is 20.7. The Morgan fingerprint density at radius 3 is 2.88 bits per heavy atom. The van der Waals surface area contributed by atoms with Crippen molar-refractivity contribution in [3.63, 3.8) is 0 Å². The molecule has 0 radical (unpaired) electrons. The first kappa shape index (κ1) is 19.8. The van der Waals surface area contributed by atoms with E-state index in [2.05, 4.69) is 20.9 Å². The van der Waals surface area contributed by atoms with Gasteiger partial charge in [-0.25, -0.2) is 8.42 Å². The molecule has 0 bridgehead atoms. The van der Waals surface area contributed by atoms with Gasteiger partial charge in [0.25, 0.3) is 0 Å². The van der Waals surface area contributed by atoms with Gasteiger partial charge >= 0.3 is 0 Å². The van der Waals surface area contributed by atoms with E-state index < -0.39 is 9.84 Å². The smallest absolute Gasteiger partial charge is 0.187 e. The molecule has 2 rings (SSSR count). The van der Waals surface area contributed by atoms with E-state index in [0.717, 1.165) is 17.0 Å². The van der Waals surface area contributed by atoms with Crippen molar-refractivity contribution < 1.29 is 13.2 Å². The summed E-state index contributed by atoms with van der Waals surface area (Å²) < 4.78 is 30.2. The lowest BCUT2D eigenvalue weighted by atomic mass is 10.2. The Morgan fingerprint density at radius 2 is 2.28 bits per heavy atom. The largest absolute Gasteiger partial charge is 0.383 e. The maximum absolute atomic E-state index is 11.7. The van der Waals surface area contributed by atoms with Gasteiger partial charge in [0.2, 0.25) is 0 Å². The number of nitrogens with one attached hydrogen (secondary N) is 2. The Hall–Kier alpha value is -1.52. The van der Waals surface area contributed by atoms with Gasteiger partial charge in [-0.15, -0.1) is 0 Å². The second-order valence-corrected chi connectivity index (χ2v) is 8.92. The lowest BCUT2D eigenvalue weighted by Crippen LogP contribution is -2.40. The molecular formula is C15H25N5O3S2. The van der Waals surface area contributed by atoms with Crippen LogP contribution in [-0.2, 0) is 14.6 Å². The molecule has 140 valence electrons. The average molecular weight is 388 g/mol. The molecule has 1 fully saturated rings. The van der Waals surface area contributed by atoms with Crippen LogP contribution in [0.25, 0.3) is 0 Å². The van der Waals surface area contributed by atoms with Crippen molar-refractivity contribution in [3.8, 4) is 0 Å². The third-order valence-corrected chi connectivity index (χ3v) is 6.05. The molecule has 0 spiro atoms. The molecule has 8 nitrogen and oxygen atoms in total. The van der Waals surface area contributed by atoms with Gasteiger partial charge in [-0.2, -0.15) is 10.2 Å². The number of aryl methyl sites for hydroxylation is 1. The lowest BCUT2D eigenvalue weighted by Gasteiger charge is -2.13. The Balaban J connectivity index is 2.02. The van der Waals surface area contributed by atoms with E-state index in [4.69, 9.17) is 17.0 Å². The van der Waals surface area contributed by atoms with Crippen LogP contribution in [0.4, 0.5) is 0 Å². The highest BCUT2D eigenvalue weighted by Crippen LogP contribution is 2.26. The van der Waals surface area contributed by atoms with Crippen LogP contribution >= 0.6 is 12.2 Å². The van der Waals surface area contributed by atoms with Gasteiger partial charge in [0.05, 0.1) is 36.1 Å². The maximum atomic E-state index is 11.7. The topological polar surface area (TPSA) is 97.6 Å². The molecule has 1 aliphatic rings. The van der Waals surface area contributed by atoms with Crippen LogP contribution in [-0.4, -0.2) is 60.8 Å². The van der Waals surface area contributed by atoms with Crippen molar-refractivity contribution >= 4 is 33.4 Å². The first-order valence-corrected chi connectivity index (χ1v) is 10.3. The second kappa shape index (κ2) is 8.24. The molecule has 2 atom stereocenters. The molecule has 0 amide bonds. The standard InChI is InChI=1S/C15H25N5O3S2/c1-10(8-23-4)17-15(24)18-16-7-14-11(2)19-20(12(14)3)13-5-6-25(21,22)9-13/h7,10,13H,5-6,8-9H2,1-4H3,(H2,17,18,24)/b16-7-/t10-,13+/m1/s1. The molecule has 1 aromatic rings. The first-order valence-electron chi connectivity index (χ1n) is 8.08. The number of sulfone groups is 1. The number of hydrogen-bond donors (Lipinski definition) is 2. The van der Waals surface area contributed by atoms with E-state index in [1.165, 1.54) is 0 Å². The number of thiocarbonyl (C=S) groups is 1. The minimum Gasteiger partial charge on any atom is -0.383 e. The molecule has 2 N–H and O–H groups in total. The van der Waals surface area contributed by atoms with Crippen molar-refractivity contribution in [1.29, 1.82) is 0 Å². The summed E-state index contributed by atoms with van der Waals surface area (Å²) >= 11 is 5.16. The number of nitrogens with zero attached hydrogens (tertiary/aromatic N) is 3. The van der Waals surface area contributed by atoms with Crippen molar-refractivity contribution in [3.05, 3.63) is 17.0 Å². The molecule has 1 saturated heterocycles. The zero-order valence-electron chi connectivity index (χ0n) is 14.9. The molecule has 0 unspecified atom stereocenters. The van der Waals surface area contributed by atoms with Gasteiger partial charge in [-0.3, -0.25) is 10.1 Å². The molecular weight excluding hydrogens is 362 g/mol. The van der Waals surface area contributed by atoms with E-state index in [0.29, 0.717) is 18.1 Å². The first-order chi connectivity index (χ1) is 11.7. The van der Waals surface area contributed by atoms with Gasteiger partial charge in [-0.05, 0) is 39.4 Å². The van der Waals surface area contributed by atoms with Gasteiger partial charge in [-0.1, -0.05) is 0 Å². The summed E-state index contributed by atoms with van der Waals surface area (Å²) in [4.78, 5) is 0. The predicted octanol–water partition coefficient (Wildman–Crippen LogP) is 0.692. The SMILES string of the molecule is COC[C@@H](C)NC(=S)N/N=C\c1c(C)nn([C@H]2CCS(=O)(=O)C2)c1C. The summed E-state index contributed by atoms with van der Waals surface area (Å²) in [6.07, 6.45) is 2.26. The fourth-order valence-electron chi connectivity index (χ4n) is 2.89. The molecule has 2 heterocycles. The highest BCUT2D eigenvalue weighted by atomic mass is 32.2. The highest BCUT2D eigenvalue weighted by Gasteiger charge is 2.31.